The van der Waals surface area contributed by atoms with Crippen LogP contribution in [-0.2, 0) is 4.74 Å². The molecule has 3 rings (SSSR count). The number of hydrogen-bond donors (Lipinski definition) is 1. The first-order valence-electron chi connectivity index (χ1n) is 9.20. The molecular weight excluding hydrogens is 342 g/mol. The summed E-state index contributed by atoms with van der Waals surface area (Å²) in [7, 11) is 1.66. The zero-order chi connectivity index (χ0) is 19.1. The predicted molar refractivity (Wildman–Crippen MR) is 103 cm³/mol. The van der Waals surface area contributed by atoms with Gasteiger partial charge in [0, 0.05) is 44.1 Å². The second-order valence-electron chi connectivity index (χ2n) is 6.85. The zero-order valence-electron chi connectivity index (χ0n) is 15.6. The van der Waals surface area contributed by atoms with E-state index in [1.807, 2.05) is 29.2 Å². The molecule has 1 N–H and O–H groups in total. The molecule has 0 aliphatic carbocycles. The standard InChI is InChI=1S/C21H25N3O3/c1-27-16-12-21(23-19(25)17-7-3-2-4-8-17)10-14-24(15-11-21)20(26)18-9-5-6-13-22-18/h2-9,13H,10-12,14-16H2,1H3,(H,23,25). The van der Waals surface area contributed by atoms with Crippen molar-refractivity contribution < 1.29 is 14.3 Å². The molecule has 1 aromatic carbocycles. The van der Waals surface area contributed by atoms with E-state index in [4.69, 9.17) is 4.74 Å². The van der Waals surface area contributed by atoms with Crippen LogP contribution >= 0.6 is 0 Å². The van der Waals surface area contributed by atoms with Gasteiger partial charge in [0.1, 0.15) is 5.69 Å². The number of ether oxygens (including phenoxy) is 1. The average molecular weight is 367 g/mol. The van der Waals surface area contributed by atoms with Crippen LogP contribution in [0.2, 0.25) is 0 Å². The van der Waals surface area contributed by atoms with E-state index in [-0.39, 0.29) is 17.4 Å². The third-order valence-corrected chi connectivity index (χ3v) is 5.09. The van der Waals surface area contributed by atoms with Gasteiger partial charge >= 0.3 is 0 Å². The molecule has 1 aliphatic rings. The number of rotatable bonds is 6. The number of piperidine rings is 1. The van der Waals surface area contributed by atoms with Gasteiger partial charge in [0.05, 0.1) is 0 Å². The first-order chi connectivity index (χ1) is 13.1. The van der Waals surface area contributed by atoms with Gasteiger partial charge in [-0.05, 0) is 43.5 Å². The average Bonchev–Trinajstić information content (AvgIpc) is 2.73. The maximum Gasteiger partial charge on any atom is 0.272 e. The Balaban J connectivity index is 1.68. The Kier molecular flexibility index (Phi) is 6.19. The molecule has 1 saturated heterocycles. The van der Waals surface area contributed by atoms with Crippen LogP contribution in [0.4, 0.5) is 0 Å². The van der Waals surface area contributed by atoms with Crippen molar-refractivity contribution in [2.24, 2.45) is 0 Å². The second kappa shape index (κ2) is 8.77. The lowest BCUT2D eigenvalue weighted by Gasteiger charge is -2.42. The van der Waals surface area contributed by atoms with Gasteiger partial charge in [0.25, 0.3) is 11.8 Å². The van der Waals surface area contributed by atoms with Crippen LogP contribution in [0.15, 0.2) is 54.7 Å². The molecule has 0 unspecified atom stereocenters. The Bertz CT molecular complexity index is 757. The third kappa shape index (κ3) is 4.71. The van der Waals surface area contributed by atoms with E-state index in [0.717, 1.165) is 0 Å². The highest BCUT2D eigenvalue weighted by Crippen LogP contribution is 2.27. The van der Waals surface area contributed by atoms with Crippen molar-refractivity contribution in [2.45, 2.75) is 24.8 Å². The van der Waals surface area contributed by atoms with Crippen LogP contribution < -0.4 is 5.32 Å². The van der Waals surface area contributed by atoms with Crippen molar-refractivity contribution in [3.05, 3.63) is 66.0 Å². The fourth-order valence-corrected chi connectivity index (χ4v) is 3.43. The Morgan fingerprint density at radius 2 is 1.81 bits per heavy atom. The van der Waals surface area contributed by atoms with Gasteiger partial charge in [-0.25, -0.2) is 0 Å². The molecule has 0 spiro atoms. The highest BCUT2D eigenvalue weighted by atomic mass is 16.5. The molecule has 2 aromatic rings. The molecule has 0 bridgehead atoms. The summed E-state index contributed by atoms with van der Waals surface area (Å²) >= 11 is 0. The predicted octanol–water partition coefficient (Wildman–Crippen LogP) is 2.52. The number of carbonyl (C=O) groups is 2. The van der Waals surface area contributed by atoms with Gasteiger partial charge < -0.3 is 15.0 Å². The van der Waals surface area contributed by atoms with Crippen molar-refractivity contribution in [3.63, 3.8) is 0 Å². The Hall–Kier alpha value is -2.73. The quantitative estimate of drug-likeness (QED) is 0.852. The first-order valence-corrected chi connectivity index (χ1v) is 9.20. The molecule has 2 amide bonds. The number of aromatic nitrogens is 1. The number of benzene rings is 1. The van der Waals surface area contributed by atoms with Crippen molar-refractivity contribution >= 4 is 11.8 Å². The SMILES string of the molecule is COCCC1(NC(=O)c2ccccc2)CCN(C(=O)c2ccccn2)CC1. The van der Waals surface area contributed by atoms with Gasteiger partial charge in [-0.3, -0.25) is 14.6 Å². The van der Waals surface area contributed by atoms with E-state index < -0.39 is 0 Å². The molecule has 6 heteroatoms. The summed E-state index contributed by atoms with van der Waals surface area (Å²) < 4.78 is 5.26. The fraction of sp³-hybridized carbons (Fsp3) is 0.381. The summed E-state index contributed by atoms with van der Waals surface area (Å²) in [5, 5.41) is 3.21. The first kappa shape index (κ1) is 19.0. The zero-order valence-corrected chi connectivity index (χ0v) is 15.6. The van der Waals surface area contributed by atoms with Gasteiger partial charge in [0.15, 0.2) is 0 Å². The van der Waals surface area contributed by atoms with Gasteiger partial charge in [-0.2, -0.15) is 0 Å². The number of methoxy groups -OCH3 is 1. The summed E-state index contributed by atoms with van der Waals surface area (Å²) in [4.78, 5) is 31.3. The van der Waals surface area contributed by atoms with E-state index in [9.17, 15) is 9.59 Å². The number of amides is 2. The summed E-state index contributed by atoms with van der Waals surface area (Å²) in [5.74, 6) is -0.151. The third-order valence-electron chi connectivity index (χ3n) is 5.09. The minimum absolute atomic E-state index is 0.0645. The van der Waals surface area contributed by atoms with E-state index in [2.05, 4.69) is 10.3 Å². The molecule has 1 aliphatic heterocycles. The normalized spacial score (nSPS) is 16.0. The molecule has 0 saturated carbocycles. The maximum absolute atomic E-state index is 12.7. The molecule has 1 aromatic heterocycles. The minimum Gasteiger partial charge on any atom is -0.385 e. The maximum atomic E-state index is 12.7. The molecule has 6 nitrogen and oxygen atoms in total. The lowest BCUT2D eigenvalue weighted by molar-refractivity contribution is 0.0554. The minimum atomic E-state index is -0.371. The Labute approximate surface area is 159 Å². The molecule has 2 heterocycles. The Morgan fingerprint density at radius 3 is 2.44 bits per heavy atom. The molecule has 142 valence electrons. The topological polar surface area (TPSA) is 71.5 Å². The number of nitrogens with zero attached hydrogens (tertiary/aromatic N) is 2. The van der Waals surface area contributed by atoms with Crippen LogP contribution in [0.25, 0.3) is 0 Å². The van der Waals surface area contributed by atoms with Crippen molar-refractivity contribution in [1.82, 2.24) is 15.2 Å². The van der Waals surface area contributed by atoms with Crippen LogP contribution in [0.5, 0.6) is 0 Å². The number of likely N-dealkylation sites (tertiary alicyclic amines) is 1. The molecule has 27 heavy (non-hydrogen) atoms. The van der Waals surface area contributed by atoms with Crippen molar-refractivity contribution in [2.75, 3.05) is 26.8 Å². The van der Waals surface area contributed by atoms with E-state index in [0.29, 0.717) is 50.2 Å². The molecule has 0 radical (unpaired) electrons. The molecule has 0 atom stereocenters. The largest absolute Gasteiger partial charge is 0.385 e. The summed E-state index contributed by atoms with van der Waals surface area (Å²) in [6.45, 7) is 1.71. The van der Waals surface area contributed by atoms with E-state index in [1.54, 1.807) is 37.6 Å². The smallest absolute Gasteiger partial charge is 0.272 e. The van der Waals surface area contributed by atoms with Crippen molar-refractivity contribution in [1.29, 1.82) is 0 Å². The van der Waals surface area contributed by atoms with E-state index in [1.165, 1.54) is 0 Å². The van der Waals surface area contributed by atoms with Crippen LogP contribution in [0, 0.1) is 0 Å². The second-order valence-corrected chi connectivity index (χ2v) is 6.85. The lowest BCUT2D eigenvalue weighted by atomic mass is 9.84. The van der Waals surface area contributed by atoms with Crippen LogP contribution in [0.1, 0.15) is 40.1 Å². The van der Waals surface area contributed by atoms with Gasteiger partial charge in [-0.1, -0.05) is 24.3 Å². The lowest BCUT2D eigenvalue weighted by Crippen LogP contribution is -2.56. The number of nitrogens with one attached hydrogen (secondary N) is 1. The van der Waals surface area contributed by atoms with Gasteiger partial charge in [-0.15, -0.1) is 0 Å². The van der Waals surface area contributed by atoms with Crippen molar-refractivity contribution in [3.8, 4) is 0 Å². The molecule has 1 fully saturated rings. The highest BCUT2D eigenvalue weighted by Gasteiger charge is 2.37. The summed E-state index contributed by atoms with van der Waals surface area (Å²) in [5.41, 5.74) is 0.723. The summed E-state index contributed by atoms with van der Waals surface area (Å²) in [6.07, 6.45) is 3.72. The van der Waals surface area contributed by atoms with Gasteiger partial charge in [0.2, 0.25) is 0 Å². The number of hydrogen-bond acceptors (Lipinski definition) is 4. The summed E-state index contributed by atoms with van der Waals surface area (Å²) in [6, 6.07) is 14.5. The monoisotopic (exact) mass is 367 g/mol. The van der Waals surface area contributed by atoms with Crippen LogP contribution in [-0.4, -0.2) is 54.0 Å². The number of carbonyl (C=O) groups excluding carboxylic acids is 2. The molecular formula is C21H25N3O3. The Morgan fingerprint density at radius 1 is 1.11 bits per heavy atom. The van der Waals surface area contributed by atoms with E-state index >= 15 is 0 Å². The fourth-order valence-electron chi connectivity index (χ4n) is 3.43. The highest BCUT2D eigenvalue weighted by molar-refractivity contribution is 5.95. The van der Waals surface area contributed by atoms with Crippen LogP contribution in [0.3, 0.4) is 0 Å². The number of pyridine rings is 1.